The van der Waals surface area contributed by atoms with Gasteiger partial charge in [-0.1, -0.05) is 31.5 Å². The molecule has 1 N–H and O–H groups in total. The van der Waals surface area contributed by atoms with E-state index in [9.17, 15) is 22.4 Å². The quantitative estimate of drug-likeness (QED) is 0.265. The van der Waals surface area contributed by atoms with E-state index < -0.39 is 15.1 Å². The Morgan fingerprint density at radius 3 is 2.59 bits per heavy atom. The lowest BCUT2D eigenvalue weighted by molar-refractivity contribution is 0.342. The Balaban J connectivity index is 1.90. The van der Waals surface area contributed by atoms with E-state index in [0.717, 1.165) is 18.2 Å². The minimum absolute atomic E-state index is 0.179. The van der Waals surface area contributed by atoms with Gasteiger partial charge in [0.25, 0.3) is 0 Å². The van der Waals surface area contributed by atoms with Crippen LogP contribution in [0.3, 0.4) is 0 Å². The molecular formula is C28H24FN3O4S. The van der Waals surface area contributed by atoms with Gasteiger partial charge in [0, 0.05) is 23.0 Å². The molecule has 0 fully saturated rings. The maximum absolute atomic E-state index is 13.9. The number of nitriles is 1. The molecular weight excluding hydrogens is 493 g/mol. The van der Waals surface area contributed by atoms with Crippen LogP contribution in [-0.2, 0) is 16.8 Å². The van der Waals surface area contributed by atoms with Crippen molar-refractivity contribution in [3.63, 3.8) is 0 Å². The van der Waals surface area contributed by atoms with Gasteiger partial charge in [-0.15, -0.1) is 3.89 Å². The zero-order valence-corrected chi connectivity index (χ0v) is 21.2. The third-order valence-corrected chi connectivity index (χ3v) is 7.32. The van der Waals surface area contributed by atoms with Crippen LogP contribution in [0.25, 0.3) is 44.0 Å². The number of aryl methyl sites for hydroxylation is 1. The summed E-state index contributed by atoms with van der Waals surface area (Å²) in [6, 6.07) is 16.4. The van der Waals surface area contributed by atoms with Gasteiger partial charge in [-0.3, -0.25) is 4.79 Å². The number of pyridine rings is 1. The molecule has 0 bridgehead atoms. The number of unbranched alkanes of at least 4 members (excludes halogenated alkanes) is 1. The van der Waals surface area contributed by atoms with E-state index in [1.54, 1.807) is 36.4 Å². The van der Waals surface area contributed by atoms with Crippen LogP contribution >= 0.6 is 0 Å². The first-order valence-corrected chi connectivity index (χ1v) is 13.4. The number of hydrogen-bond donors (Lipinski definition) is 1. The third-order valence-electron chi connectivity index (χ3n) is 6.50. The highest BCUT2D eigenvalue weighted by Gasteiger charge is 2.20. The molecule has 0 atom stereocenters. The molecule has 5 aromatic rings. The van der Waals surface area contributed by atoms with Crippen molar-refractivity contribution in [3.8, 4) is 22.9 Å². The Morgan fingerprint density at radius 1 is 1.08 bits per heavy atom. The van der Waals surface area contributed by atoms with Crippen LogP contribution in [0.4, 0.5) is 3.89 Å². The molecule has 0 aliphatic heterocycles. The maximum Gasteiger partial charge on any atom is 0.332 e. The molecule has 2 heterocycles. The van der Waals surface area contributed by atoms with Gasteiger partial charge < -0.3 is 14.3 Å². The number of rotatable bonds is 7. The predicted octanol–water partition coefficient (Wildman–Crippen LogP) is 6.03. The van der Waals surface area contributed by atoms with Crippen molar-refractivity contribution in [3.05, 3.63) is 70.4 Å². The summed E-state index contributed by atoms with van der Waals surface area (Å²) in [5.74, 6) is 0.397. The molecule has 7 nitrogen and oxygen atoms in total. The first-order chi connectivity index (χ1) is 17.8. The Morgan fingerprint density at radius 2 is 1.89 bits per heavy atom. The van der Waals surface area contributed by atoms with Gasteiger partial charge in [0.15, 0.2) is 5.43 Å². The molecule has 0 spiro atoms. The monoisotopic (exact) mass is 517 g/mol. The van der Waals surface area contributed by atoms with E-state index in [0.29, 0.717) is 63.0 Å². The number of benzene rings is 3. The number of hydrogen-bond acceptors (Lipinski definition) is 5. The average molecular weight is 518 g/mol. The fraction of sp³-hybridized carbons (Fsp3) is 0.214. The van der Waals surface area contributed by atoms with Gasteiger partial charge in [0.1, 0.15) is 11.4 Å². The van der Waals surface area contributed by atoms with E-state index in [1.807, 2.05) is 11.5 Å². The van der Waals surface area contributed by atoms with Crippen molar-refractivity contribution in [2.24, 2.45) is 0 Å². The number of fused-ring (bicyclic) bond motifs is 4. The highest BCUT2D eigenvalue weighted by Crippen LogP contribution is 2.37. The van der Waals surface area contributed by atoms with Crippen LogP contribution < -0.4 is 10.2 Å². The van der Waals surface area contributed by atoms with Crippen LogP contribution in [-0.4, -0.2) is 24.6 Å². The van der Waals surface area contributed by atoms with Crippen LogP contribution in [0.15, 0.2) is 64.3 Å². The molecule has 0 aliphatic rings. The summed E-state index contributed by atoms with van der Waals surface area (Å²) in [6.45, 7) is 4.82. The van der Waals surface area contributed by atoms with Crippen LogP contribution in [0.1, 0.15) is 32.3 Å². The van der Waals surface area contributed by atoms with E-state index in [2.05, 4.69) is 18.0 Å². The molecule has 9 heteroatoms. The molecule has 188 valence electrons. The normalized spacial score (nSPS) is 11.8. The number of nitrogens with zero attached hydrogens (tertiary/aromatic N) is 2. The fourth-order valence-electron chi connectivity index (χ4n) is 4.78. The first-order valence-electron chi connectivity index (χ1n) is 12.0. The standard InChI is InChI=1S/C28H24FN3O4S/c1-3-5-11-32-24-14-21(18-7-6-8-19(13-18)37(29,34)35)25(36-4-2)15-22(24)27(33)26-20-10-9-17(16-30)12-23(20)31-28(26)32/h6-10,12-15,31H,3-5,11H2,1-2H3. The second kappa shape index (κ2) is 9.37. The second-order valence-electron chi connectivity index (χ2n) is 8.82. The van der Waals surface area contributed by atoms with Gasteiger partial charge in [-0.05, 0) is 55.3 Å². The van der Waals surface area contributed by atoms with E-state index in [4.69, 9.17) is 4.74 Å². The van der Waals surface area contributed by atoms with E-state index >= 15 is 0 Å². The third kappa shape index (κ3) is 4.23. The number of aromatic nitrogens is 2. The molecule has 5 rings (SSSR count). The molecule has 2 aromatic heterocycles. The topological polar surface area (TPSA) is 105 Å². The van der Waals surface area contributed by atoms with Crippen molar-refractivity contribution in [2.75, 3.05) is 6.61 Å². The SMILES string of the molecule is CCCCn1c2cc(-c3cccc(S(=O)(=O)F)c3)c(OCC)cc2c(=O)c2c3ccc(C#N)cc3[nH]c21. The summed E-state index contributed by atoms with van der Waals surface area (Å²) in [5, 5.41) is 11.1. The second-order valence-corrected chi connectivity index (χ2v) is 10.2. The van der Waals surface area contributed by atoms with Gasteiger partial charge in [0.05, 0.1) is 39.4 Å². The van der Waals surface area contributed by atoms with E-state index in [1.165, 1.54) is 18.2 Å². The number of ether oxygens (including phenoxy) is 1. The lowest BCUT2D eigenvalue weighted by Gasteiger charge is -2.17. The maximum atomic E-state index is 13.9. The number of aromatic amines is 1. The van der Waals surface area contributed by atoms with Crippen LogP contribution in [0.2, 0.25) is 0 Å². The highest BCUT2D eigenvalue weighted by atomic mass is 32.3. The molecule has 0 radical (unpaired) electrons. The molecule has 3 aromatic carbocycles. The first kappa shape index (κ1) is 24.5. The van der Waals surface area contributed by atoms with Crippen molar-refractivity contribution in [1.29, 1.82) is 5.26 Å². The van der Waals surface area contributed by atoms with Gasteiger partial charge in [-0.25, -0.2) is 0 Å². The molecule has 0 saturated carbocycles. The fourth-order valence-corrected chi connectivity index (χ4v) is 5.29. The highest BCUT2D eigenvalue weighted by molar-refractivity contribution is 7.86. The Labute approximate surface area is 212 Å². The largest absolute Gasteiger partial charge is 0.493 e. The minimum Gasteiger partial charge on any atom is -0.493 e. The van der Waals surface area contributed by atoms with Crippen LogP contribution in [0, 0.1) is 11.3 Å². The molecule has 0 aliphatic carbocycles. The van der Waals surface area contributed by atoms with Crippen molar-refractivity contribution in [1.82, 2.24) is 9.55 Å². The number of halogens is 1. The average Bonchev–Trinajstić information content (AvgIpc) is 3.27. The molecule has 37 heavy (non-hydrogen) atoms. The summed E-state index contributed by atoms with van der Waals surface area (Å²) in [7, 11) is -4.90. The summed E-state index contributed by atoms with van der Waals surface area (Å²) in [4.78, 5) is 16.7. The summed E-state index contributed by atoms with van der Waals surface area (Å²) in [6.07, 6.45) is 1.78. The number of H-pyrrole nitrogens is 1. The van der Waals surface area contributed by atoms with Gasteiger partial charge >= 0.3 is 10.2 Å². The van der Waals surface area contributed by atoms with Crippen molar-refractivity contribution < 1.29 is 17.0 Å². The lowest BCUT2D eigenvalue weighted by Crippen LogP contribution is -2.12. The van der Waals surface area contributed by atoms with E-state index in [-0.39, 0.29) is 5.43 Å². The molecule has 0 unspecified atom stereocenters. The predicted molar refractivity (Wildman–Crippen MR) is 142 cm³/mol. The van der Waals surface area contributed by atoms with Gasteiger partial charge in [0.2, 0.25) is 0 Å². The van der Waals surface area contributed by atoms with Crippen molar-refractivity contribution in [2.45, 2.75) is 38.1 Å². The zero-order valence-electron chi connectivity index (χ0n) is 20.3. The van der Waals surface area contributed by atoms with Crippen LogP contribution in [0.5, 0.6) is 5.75 Å². The summed E-state index contributed by atoms with van der Waals surface area (Å²) >= 11 is 0. The number of nitrogens with one attached hydrogen (secondary N) is 1. The minimum atomic E-state index is -4.90. The van der Waals surface area contributed by atoms with Crippen molar-refractivity contribution >= 4 is 43.1 Å². The Hall–Kier alpha value is -4.16. The Kier molecular flexibility index (Phi) is 6.21. The molecule has 0 saturated heterocycles. The lowest BCUT2D eigenvalue weighted by atomic mass is 10.0. The summed E-state index contributed by atoms with van der Waals surface area (Å²) < 4.78 is 44.8. The molecule has 0 amide bonds. The van der Waals surface area contributed by atoms with Gasteiger partial charge in [-0.2, -0.15) is 13.7 Å². The Bertz CT molecular complexity index is 1900. The smallest absolute Gasteiger partial charge is 0.332 e. The summed E-state index contributed by atoms with van der Waals surface area (Å²) in [5.41, 5.74) is 3.29. The zero-order chi connectivity index (χ0) is 26.3.